The minimum Gasteiger partial charge on any atom is -0.409 e. The SMILES string of the molecule is COC1CCN(C(=O)C2(C(N)=NO)CC2)C1. The molecule has 0 aromatic carbocycles. The van der Waals surface area contributed by atoms with Crippen molar-refractivity contribution in [3.05, 3.63) is 0 Å². The number of methoxy groups -OCH3 is 1. The lowest BCUT2D eigenvalue weighted by molar-refractivity contribution is -0.133. The minimum atomic E-state index is -0.725. The standard InChI is InChI=1S/C10H17N3O3/c1-16-7-2-5-13(6-7)9(14)10(3-4-10)8(11)12-15/h7,15H,2-6H2,1H3,(H2,11,12). The van der Waals surface area contributed by atoms with Crippen LogP contribution in [0.25, 0.3) is 0 Å². The molecule has 1 aliphatic heterocycles. The van der Waals surface area contributed by atoms with Crippen LogP contribution in [0.1, 0.15) is 19.3 Å². The first-order valence-electron chi connectivity index (χ1n) is 5.44. The van der Waals surface area contributed by atoms with Crippen LogP contribution in [0.4, 0.5) is 0 Å². The van der Waals surface area contributed by atoms with Crippen molar-refractivity contribution in [1.29, 1.82) is 0 Å². The largest absolute Gasteiger partial charge is 0.409 e. The summed E-state index contributed by atoms with van der Waals surface area (Å²) in [6.45, 7) is 1.30. The molecule has 90 valence electrons. The number of carbonyl (C=O) groups excluding carboxylic acids is 1. The van der Waals surface area contributed by atoms with E-state index in [1.54, 1.807) is 12.0 Å². The van der Waals surface area contributed by atoms with E-state index in [4.69, 9.17) is 15.7 Å². The maximum Gasteiger partial charge on any atom is 0.236 e. The lowest BCUT2D eigenvalue weighted by atomic mass is 10.0. The molecule has 6 heteroatoms. The Hall–Kier alpha value is -1.30. The summed E-state index contributed by atoms with van der Waals surface area (Å²) in [6.07, 6.45) is 2.33. The van der Waals surface area contributed by atoms with E-state index in [9.17, 15) is 4.79 Å². The van der Waals surface area contributed by atoms with Gasteiger partial charge in [0.25, 0.3) is 0 Å². The van der Waals surface area contributed by atoms with Gasteiger partial charge < -0.3 is 20.6 Å². The van der Waals surface area contributed by atoms with Gasteiger partial charge in [-0.2, -0.15) is 0 Å². The van der Waals surface area contributed by atoms with E-state index >= 15 is 0 Å². The van der Waals surface area contributed by atoms with Crippen molar-refractivity contribution in [3.8, 4) is 0 Å². The summed E-state index contributed by atoms with van der Waals surface area (Å²) in [6, 6.07) is 0. The predicted molar refractivity (Wildman–Crippen MR) is 57.1 cm³/mol. The molecule has 6 nitrogen and oxygen atoms in total. The van der Waals surface area contributed by atoms with Crippen LogP contribution in [-0.2, 0) is 9.53 Å². The number of hydrogen-bond donors (Lipinski definition) is 2. The predicted octanol–water partition coefficient (Wildman–Crippen LogP) is -0.240. The molecule has 16 heavy (non-hydrogen) atoms. The Morgan fingerprint density at radius 2 is 2.31 bits per heavy atom. The number of carbonyl (C=O) groups is 1. The molecular weight excluding hydrogens is 210 g/mol. The maximum atomic E-state index is 12.2. The summed E-state index contributed by atoms with van der Waals surface area (Å²) >= 11 is 0. The summed E-state index contributed by atoms with van der Waals surface area (Å²) in [7, 11) is 1.65. The summed E-state index contributed by atoms with van der Waals surface area (Å²) in [5.74, 6) is 0.0146. The molecule has 1 saturated heterocycles. The third-order valence-electron chi connectivity index (χ3n) is 3.52. The molecular formula is C10H17N3O3. The van der Waals surface area contributed by atoms with E-state index in [1.807, 2.05) is 0 Å². The average molecular weight is 227 g/mol. The number of amides is 1. The fourth-order valence-corrected chi connectivity index (χ4v) is 2.21. The molecule has 0 radical (unpaired) electrons. The molecule has 0 aromatic rings. The van der Waals surface area contributed by atoms with Gasteiger partial charge in [-0.3, -0.25) is 4.79 Å². The van der Waals surface area contributed by atoms with Gasteiger partial charge in [0.1, 0.15) is 5.41 Å². The molecule has 3 N–H and O–H groups in total. The number of rotatable bonds is 3. The first kappa shape index (κ1) is 11.2. The van der Waals surface area contributed by atoms with Gasteiger partial charge in [0.2, 0.25) is 5.91 Å². The highest BCUT2D eigenvalue weighted by molar-refractivity contribution is 6.09. The van der Waals surface area contributed by atoms with Crippen LogP contribution >= 0.6 is 0 Å². The molecule has 1 atom stereocenters. The van der Waals surface area contributed by atoms with Gasteiger partial charge in [0, 0.05) is 20.2 Å². The highest BCUT2D eigenvalue weighted by atomic mass is 16.5. The van der Waals surface area contributed by atoms with Crippen molar-refractivity contribution in [2.75, 3.05) is 20.2 Å². The summed E-state index contributed by atoms with van der Waals surface area (Å²) in [5, 5.41) is 11.6. The second kappa shape index (κ2) is 3.93. The van der Waals surface area contributed by atoms with Crippen molar-refractivity contribution in [1.82, 2.24) is 4.90 Å². The van der Waals surface area contributed by atoms with E-state index < -0.39 is 5.41 Å². The number of nitrogens with zero attached hydrogens (tertiary/aromatic N) is 2. The van der Waals surface area contributed by atoms with Crippen LogP contribution in [0.5, 0.6) is 0 Å². The van der Waals surface area contributed by atoms with Crippen molar-refractivity contribution >= 4 is 11.7 Å². The third kappa shape index (κ3) is 1.63. The molecule has 2 fully saturated rings. The first-order valence-corrected chi connectivity index (χ1v) is 5.44. The van der Waals surface area contributed by atoms with Crippen LogP contribution in [0.3, 0.4) is 0 Å². The van der Waals surface area contributed by atoms with Gasteiger partial charge in [-0.1, -0.05) is 5.16 Å². The Morgan fingerprint density at radius 1 is 1.62 bits per heavy atom. The van der Waals surface area contributed by atoms with Crippen LogP contribution < -0.4 is 5.73 Å². The normalized spacial score (nSPS) is 28.2. The van der Waals surface area contributed by atoms with Gasteiger partial charge in [-0.25, -0.2) is 0 Å². The van der Waals surface area contributed by atoms with Crippen LogP contribution in [0, 0.1) is 5.41 Å². The zero-order chi connectivity index (χ0) is 11.8. The first-order chi connectivity index (χ1) is 7.64. The Labute approximate surface area is 94.0 Å². The molecule has 2 aliphatic rings. The highest BCUT2D eigenvalue weighted by Gasteiger charge is 2.56. The number of amidine groups is 1. The minimum absolute atomic E-state index is 0.0256. The van der Waals surface area contributed by atoms with Crippen LogP contribution in [-0.4, -0.2) is 48.2 Å². The van der Waals surface area contributed by atoms with Crippen LogP contribution in [0.2, 0.25) is 0 Å². The third-order valence-corrected chi connectivity index (χ3v) is 3.52. The molecule has 1 unspecified atom stereocenters. The van der Waals surface area contributed by atoms with E-state index in [-0.39, 0.29) is 17.8 Å². The molecule has 1 heterocycles. The van der Waals surface area contributed by atoms with Crippen molar-refractivity contribution in [3.63, 3.8) is 0 Å². The highest BCUT2D eigenvalue weighted by Crippen LogP contribution is 2.47. The van der Waals surface area contributed by atoms with E-state index in [2.05, 4.69) is 5.16 Å². The maximum absolute atomic E-state index is 12.2. The Bertz CT molecular complexity index is 325. The smallest absolute Gasteiger partial charge is 0.236 e. The monoisotopic (exact) mass is 227 g/mol. The van der Waals surface area contributed by atoms with E-state index in [1.165, 1.54) is 0 Å². The van der Waals surface area contributed by atoms with E-state index in [0.717, 1.165) is 6.42 Å². The van der Waals surface area contributed by atoms with Gasteiger partial charge in [-0.15, -0.1) is 0 Å². The molecule has 2 rings (SSSR count). The number of hydrogen-bond acceptors (Lipinski definition) is 4. The molecule has 1 amide bonds. The van der Waals surface area contributed by atoms with Gasteiger partial charge in [0.15, 0.2) is 5.84 Å². The molecule has 0 bridgehead atoms. The van der Waals surface area contributed by atoms with Crippen molar-refractivity contribution in [2.45, 2.75) is 25.4 Å². The van der Waals surface area contributed by atoms with Gasteiger partial charge >= 0.3 is 0 Å². The molecule has 1 saturated carbocycles. The Balaban J connectivity index is 2.04. The summed E-state index contributed by atoms with van der Waals surface area (Å²) in [5.41, 5.74) is 4.85. The van der Waals surface area contributed by atoms with Crippen molar-refractivity contribution < 1.29 is 14.7 Å². The Morgan fingerprint density at radius 3 is 2.75 bits per heavy atom. The van der Waals surface area contributed by atoms with E-state index in [0.29, 0.717) is 25.9 Å². The van der Waals surface area contributed by atoms with Crippen LogP contribution in [0.15, 0.2) is 5.16 Å². The fraction of sp³-hybridized carbons (Fsp3) is 0.800. The molecule has 1 aliphatic carbocycles. The summed E-state index contributed by atoms with van der Waals surface area (Å²) in [4.78, 5) is 13.9. The summed E-state index contributed by atoms with van der Waals surface area (Å²) < 4.78 is 5.21. The quantitative estimate of drug-likeness (QED) is 0.301. The average Bonchev–Trinajstić information content (AvgIpc) is 2.98. The number of ether oxygens (including phenoxy) is 1. The number of likely N-dealkylation sites (tertiary alicyclic amines) is 1. The second-order valence-electron chi connectivity index (χ2n) is 4.46. The lowest BCUT2D eigenvalue weighted by Gasteiger charge is -2.22. The number of nitrogens with two attached hydrogens (primary N) is 1. The zero-order valence-corrected chi connectivity index (χ0v) is 9.35. The second-order valence-corrected chi connectivity index (χ2v) is 4.46. The number of oxime groups is 1. The molecule has 0 aromatic heterocycles. The zero-order valence-electron chi connectivity index (χ0n) is 9.35. The topological polar surface area (TPSA) is 88.2 Å². The fourth-order valence-electron chi connectivity index (χ4n) is 2.21. The Kier molecular flexibility index (Phi) is 2.75. The molecule has 0 spiro atoms. The van der Waals surface area contributed by atoms with Crippen molar-refractivity contribution in [2.24, 2.45) is 16.3 Å². The lowest BCUT2D eigenvalue weighted by Crippen LogP contribution is -2.42. The van der Waals surface area contributed by atoms with Gasteiger partial charge in [0.05, 0.1) is 6.10 Å². The van der Waals surface area contributed by atoms with Gasteiger partial charge in [-0.05, 0) is 19.3 Å².